The molecule has 5 aromatic rings. The molecule has 2 aromatic heterocycles. The van der Waals surface area contributed by atoms with Crippen molar-refractivity contribution in [3.8, 4) is 28.3 Å². The van der Waals surface area contributed by atoms with Crippen LogP contribution in [0.15, 0.2) is 85.3 Å². The minimum atomic E-state index is -0.737. The van der Waals surface area contributed by atoms with E-state index in [0.29, 0.717) is 39.4 Å². The molecule has 11 nitrogen and oxygen atoms in total. The molecule has 44 heavy (non-hydrogen) atoms. The number of carbonyl (C=O) groups is 1. The van der Waals surface area contributed by atoms with Gasteiger partial charge in [-0.15, -0.1) is 0 Å². The van der Waals surface area contributed by atoms with Gasteiger partial charge in [-0.2, -0.15) is 5.10 Å². The molecule has 2 heterocycles. The van der Waals surface area contributed by atoms with E-state index in [-0.39, 0.29) is 30.3 Å². The molecule has 0 aliphatic carbocycles. The van der Waals surface area contributed by atoms with E-state index in [1.54, 1.807) is 42.6 Å². The standard InChI is InChI=1S/C31H26F2N6O5/c1-43-26-8-3-20(28(14-26)44-2)16-35-30-29(39(41)42)27(9-10-34-30)31(40)36-15-19-11-21(13-24(33)12-19)22-17-37-38(18-22)25-6-4-23(32)5-7-25/h3-14,17-18H,15-16H2,1-2H3,(H,34,35)(H,36,40). The lowest BCUT2D eigenvalue weighted by Crippen LogP contribution is -2.24. The summed E-state index contributed by atoms with van der Waals surface area (Å²) in [6, 6.07) is 16.4. The van der Waals surface area contributed by atoms with Crippen molar-refractivity contribution in [2.75, 3.05) is 19.5 Å². The number of nitrogens with zero attached hydrogens (tertiary/aromatic N) is 4. The van der Waals surface area contributed by atoms with Crippen LogP contribution < -0.4 is 20.1 Å². The zero-order chi connectivity index (χ0) is 31.2. The highest BCUT2D eigenvalue weighted by Crippen LogP contribution is 2.30. The molecule has 0 unspecified atom stereocenters. The number of hydrogen-bond donors (Lipinski definition) is 2. The summed E-state index contributed by atoms with van der Waals surface area (Å²) in [5.41, 5.74) is 2.09. The van der Waals surface area contributed by atoms with E-state index >= 15 is 0 Å². The van der Waals surface area contributed by atoms with Gasteiger partial charge in [0.25, 0.3) is 5.91 Å². The number of pyridine rings is 1. The Kier molecular flexibility index (Phi) is 8.74. The van der Waals surface area contributed by atoms with Crippen LogP contribution in [0.4, 0.5) is 20.3 Å². The molecule has 3 aromatic carbocycles. The van der Waals surface area contributed by atoms with Crippen molar-refractivity contribution < 1.29 is 28.0 Å². The Hall–Kier alpha value is -5.85. The van der Waals surface area contributed by atoms with Gasteiger partial charge in [-0.05, 0) is 71.8 Å². The van der Waals surface area contributed by atoms with Crippen molar-refractivity contribution in [1.82, 2.24) is 20.1 Å². The second-order valence-corrected chi connectivity index (χ2v) is 9.52. The molecule has 0 fully saturated rings. The molecule has 1 amide bonds. The minimum absolute atomic E-state index is 0.105. The summed E-state index contributed by atoms with van der Waals surface area (Å²) in [6.07, 6.45) is 4.49. The van der Waals surface area contributed by atoms with Crippen molar-refractivity contribution >= 4 is 17.4 Å². The third-order valence-electron chi connectivity index (χ3n) is 6.71. The van der Waals surface area contributed by atoms with E-state index < -0.39 is 22.3 Å². The predicted octanol–water partition coefficient (Wildman–Crippen LogP) is 5.68. The molecule has 0 radical (unpaired) electrons. The van der Waals surface area contributed by atoms with Gasteiger partial charge in [-0.1, -0.05) is 0 Å². The van der Waals surface area contributed by atoms with Crippen LogP contribution in [0.5, 0.6) is 11.5 Å². The van der Waals surface area contributed by atoms with Gasteiger partial charge in [0.05, 0.1) is 31.0 Å². The van der Waals surface area contributed by atoms with Crippen LogP contribution in [0.1, 0.15) is 21.5 Å². The van der Waals surface area contributed by atoms with E-state index in [2.05, 4.69) is 20.7 Å². The van der Waals surface area contributed by atoms with E-state index in [1.165, 1.54) is 61.6 Å². The Morgan fingerprint density at radius 3 is 2.48 bits per heavy atom. The van der Waals surface area contributed by atoms with Crippen LogP contribution in [0.3, 0.4) is 0 Å². The summed E-state index contributed by atoms with van der Waals surface area (Å²) in [5, 5.41) is 21.8. The van der Waals surface area contributed by atoms with Crippen molar-refractivity contribution in [1.29, 1.82) is 0 Å². The fourth-order valence-corrected chi connectivity index (χ4v) is 4.53. The normalized spacial score (nSPS) is 10.7. The lowest BCUT2D eigenvalue weighted by Gasteiger charge is -2.13. The van der Waals surface area contributed by atoms with Gasteiger partial charge < -0.3 is 20.1 Å². The number of amides is 1. The molecule has 0 spiro atoms. The van der Waals surface area contributed by atoms with E-state index in [0.717, 1.165) is 0 Å². The van der Waals surface area contributed by atoms with Crippen LogP contribution in [0.2, 0.25) is 0 Å². The highest BCUT2D eigenvalue weighted by atomic mass is 19.1. The second-order valence-electron chi connectivity index (χ2n) is 9.52. The van der Waals surface area contributed by atoms with Crippen LogP contribution in [-0.2, 0) is 13.1 Å². The molecule has 2 N–H and O–H groups in total. The molecule has 0 aliphatic heterocycles. The zero-order valence-corrected chi connectivity index (χ0v) is 23.6. The Morgan fingerprint density at radius 2 is 1.75 bits per heavy atom. The molecule has 0 bridgehead atoms. The number of ether oxygens (including phenoxy) is 2. The summed E-state index contributed by atoms with van der Waals surface area (Å²) in [4.78, 5) is 28.6. The first-order valence-electron chi connectivity index (χ1n) is 13.2. The van der Waals surface area contributed by atoms with Gasteiger partial charge in [0.15, 0.2) is 0 Å². The topological polar surface area (TPSA) is 133 Å². The van der Waals surface area contributed by atoms with Crippen molar-refractivity contribution in [3.05, 3.63) is 124 Å². The Morgan fingerprint density at radius 1 is 0.955 bits per heavy atom. The number of anilines is 1. The summed E-state index contributed by atoms with van der Waals surface area (Å²) in [6.45, 7) is 0.0108. The van der Waals surface area contributed by atoms with Gasteiger partial charge in [-0.3, -0.25) is 14.9 Å². The molecule has 0 saturated heterocycles. The second kappa shape index (κ2) is 13.0. The maximum atomic E-state index is 14.6. The summed E-state index contributed by atoms with van der Waals surface area (Å²) < 4.78 is 40.0. The number of nitrogens with one attached hydrogen (secondary N) is 2. The van der Waals surface area contributed by atoms with E-state index in [4.69, 9.17) is 9.47 Å². The number of aromatic nitrogens is 3. The van der Waals surface area contributed by atoms with Gasteiger partial charge >= 0.3 is 5.69 Å². The van der Waals surface area contributed by atoms with Gasteiger partial charge in [0.2, 0.25) is 5.82 Å². The number of carbonyl (C=O) groups excluding carboxylic acids is 1. The number of rotatable bonds is 11. The highest BCUT2D eigenvalue weighted by Gasteiger charge is 2.26. The third-order valence-corrected chi connectivity index (χ3v) is 6.71. The maximum absolute atomic E-state index is 14.6. The quantitative estimate of drug-likeness (QED) is 0.146. The van der Waals surface area contributed by atoms with Gasteiger partial charge in [0, 0.05) is 42.7 Å². The van der Waals surface area contributed by atoms with Crippen LogP contribution in [-0.4, -0.2) is 39.8 Å². The van der Waals surface area contributed by atoms with Crippen molar-refractivity contribution in [2.24, 2.45) is 0 Å². The van der Waals surface area contributed by atoms with Crippen molar-refractivity contribution in [2.45, 2.75) is 13.1 Å². The van der Waals surface area contributed by atoms with Gasteiger partial charge in [0.1, 0.15) is 28.7 Å². The molecule has 0 aliphatic rings. The highest BCUT2D eigenvalue weighted by molar-refractivity contribution is 5.99. The van der Waals surface area contributed by atoms with Crippen LogP contribution in [0, 0.1) is 21.7 Å². The lowest BCUT2D eigenvalue weighted by atomic mass is 10.1. The Balaban J connectivity index is 1.32. The monoisotopic (exact) mass is 600 g/mol. The number of benzene rings is 3. The average Bonchev–Trinajstić information content (AvgIpc) is 3.53. The Bertz CT molecular complexity index is 1830. The predicted molar refractivity (Wildman–Crippen MR) is 158 cm³/mol. The summed E-state index contributed by atoms with van der Waals surface area (Å²) in [7, 11) is 3.02. The molecule has 224 valence electrons. The fourth-order valence-electron chi connectivity index (χ4n) is 4.53. The smallest absolute Gasteiger partial charge is 0.324 e. The first-order valence-corrected chi connectivity index (χ1v) is 13.2. The van der Waals surface area contributed by atoms with Gasteiger partial charge in [-0.25, -0.2) is 18.4 Å². The number of methoxy groups -OCH3 is 2. The largest absolute Gasteiger partial charge is 0.497 e. The molecular formula is C31H26F2N6O5. The average molecular weight is 601 g/mol. The molecule has 5 rings (SSSR count). The maximum Gasteiger partial charge on any atom is 0.324 e. The van der Waals surface area contributed by atoms with E-state index in [9.17, 15) is 23.7 Å². The first kappa shape index (κ1) is 29.6. The Labute approximate surface area is 250 Å². The number of hydrogen-bond acceptors (Lipinski definition) is 8. The lowest BCUT2D eigenvalue weighted by molar-refractivity contribution is -0.384. The zero-order valence-electron chi connectivity index (χ0n) is 23.6. The van der Waals surface area contributed by atoms with Crippen LogP contribution >= 0.6 is 0 Å². The SMILES string of the molecule is COc1ccc(CNc2nccc(C(=O)NCc3cc(F)cc(-c4cnn(-c5ccc(F)cc5)c4)c3)c2[N+](=O)[O-])c(OC)c1. The van der Waals surface area contributed by atoms with Crippen molar-refractivity contribution in [3.63, 3.8) is 0 Å². The fraction of sp³-hybridized carbons (Fsp3) is 0.129. The summed E-state index contributed by atoms with van der Waals surface area (Å²) in [5.74, 6) is -0.677. The van der Waals surface area contributed by atoms with E-state index in [1.807, 2.05) is 0 Å². The third kappa shape index (κ3) is 6.62. The first-order chi connectivity index (χ1) is 21.2. The van der Waals surface area contributed by atoms with Crippen LogP contribution in [0.25, 0.3) is 16.8 Å². The molecule has 13 heteroatoms. The number of halogens is 2. The molecular weight excluding hydrogens is 574 g/mol. The number of nitro groups is 1. The molecule has 0 atom stereocenters. The molecule has 0 saturated carbocycles. The minimum Gasteiger partial charge on any atom is -0.497 e. The summed E-state index contributed by atoms with van der Waals surface area (Å²) >= 11 is 0.